The zero-order valence-corrected chi connectivity index (χ0v) is 26.4. The summed E-state index contributed by atoms with van der Waals surface area (Å²) in [6, 6.07) is -5.42. The number of hydrogen-bond donors (Lipinski definition) is 12. The van der Waals surface area contributed by atoms with Crippen LogP contribution < -0.4 is 27.0 Å². The average Bonchev–Trinajstić information content (AvgIpc) is 2.99. The molecule has 0 aromatic rings. The maximum atomic E-state index is 12.7. The molecule has 2 rings (SSSR count). The van der Waals surface area contributed by atoms with Crippen LogP contribution in [0.5, 0.6) is 0 Å². The maximum Gasteiger partial charge on any atom is 0.303 e. The number of nitrogens with one attached hydrogen (secondary N) is 4. The van der Waals surface area contributed by atoms with Gasteiger partial charge >= 0.3 is 5.97 Å². The predicted octanol–water partition coefficient (Wildman–Crippen LogP) is -6.50. The van der Waals surface area contributed by atoms with Gasteiger partial charge in [-0.3, -0.25) is 24.0 Å². The van der Waals surface area contributed by atoms with Gasteiger partial charge in [-0.1, -0.05) is 0 Å². The molecule has 2 fully saturated rings. The van der Waals surface area contributed by atoms with Gasteiger partial charge in [0.15, 0.2) is 6.29 Å². The summed E-state index contributed by atoms with van der Waals surface area (Å²) in [5.74, 6) is -4.27. The van der Waals surface area contributed by atoms with Gasteiger partial charge in [0.1, 0.15) is 54.3 Å². The van der Waals surface area contributed by atoms with Crippen molar-refractivity contribution < 1.29 is 73.9 Å². The Morgan fingerprint density at radius 1 is 0.936 bits per heavy atom. The Bertz CT molecular complexity index is 1120. The third-order valence-corrected chi connectivity index (χ3v) is 7.99. The van der Waals surface area contributed by atoms with Gasteiger partial charge in [-0.15, -0.1) is 0 Å². The van der Waals surface area contributed by atoms with Gasteiger partial charge in [0, 0.05) is 26.8 Å². The SMILES string of the molecule is CC(=O)N[C@@H]1[C@@H](O)[C@H](O)[C@@H](CO)O[C@H]1[C@]1(O)[C@H](OC(C)CN[C@@H](C)C(=O)N[C@H](CCC(=O)O)C(N)=O)[C@@H](NC(C)=O)[C@@H](O)O[C@@H]1CO. The number of amides is 4. The number of carbonyl (C=O) groups excluding carboxylic acids is 4. The first-order valence-corrected chi connectivity index (χ1v) is 14.9. The van der Waals surface area contributed by atoms with Crippen molar-refractivity contribution in [3.63, 3.8) is 0 Å². The number of carboxylic acids is 1. The molecule has 0 aromatic heterocycles. The second kappa shape index (κ2) is 17.4. The molecule has 2 saturated heterocycles. The molecule has 1 unspecified atom stereocenters. The molecule has 0 aromatic carbocycles. The summed E-state index contributed by atoms with van der Waals surface area (Å²) in [6.07, 6.45) is -13.9. The molecule has 20 nitrogen and oxygen atoms in total. The predicted molar refractivity (Wildman–Crippen MR) is 156 cm³/mol. The van der Waals surface area contributed by atoms with E-state index >= 15 is 0 Å². The van der Waals surface area contributed by atoms with Crippen LogP contribution in [0.3, 0.4) is 0 Å². The average molecular weight is 682 g/mol. The Morgan fingerprint density at radius 3 is 2.04 bits per heavy atom. The Hall–Kier alpha value is -3.05. The number of hydrogen-bond acceptors (Lipinski definition) is 15. The molecule has 4 amide bonds. The van der Waals surface area contributed by atoms with Crippen molar-refractivity contribution in [1.29, 1.82) is 0 Å². The van der Waals surface area contributed by atoms with Crippen LogP contribution in [0.2, 0.25) is 0 Å². The number of ether oxygens (including phenoxy) is 3. The minimum absolute atomic E-state index is 0.160. The number of primary amides is 1. The van der Waals surface area contributed by atoms with Crippen LogP contribution in [0.4, 0.5) is 0 Å². The molecule has 20 heteroatoms. The number of aliphatic hydroxyl groups is 6. The van der Waals surface area contributed by atoms with Crippen molar-refractivity contribution in [2.45, 2.75) is 119 Å². The van der Waals surface area contributed by atoms with Crippen LogP contribution in [-0.2, 0) is 38.2 Å². The zero-order chi connectivity index (χ0) is 35.8. The molecule has 13 atom stereocenters. The number of rotatable bonds is 16. The zero-order valence-electron chi connectivity index (χ0n) is 26.4. The van der Waals surface area contributed by atoms with E-state index in [0.717, 1.165) is 13.8 Å². The minimum Gasteiger partial charge on any atom is -0.481 e. The highest BCUT2D eigenvalue weighted by Crippen LogP contribution is 2.40. The van der Waals surface area contributed by atoms with Crippen molar-refractivity contribution in [2.24, 2.45) is 5.73 Å². The Labute approximate surface area is 269 Å². The fourth-order valence-corrected chi connectivity index (χ4v) is 5.58. The van der Waals surface area contributed by atoms with E-state index in [2.05, 4.69) is 21.3 Å². The van der Waals surface area contributed by atoms with Gasteiger partial charge in [-0.05, 0) is 20.3 Å². The summed E-state index contributed by atoms with van der Waals surface area (Å²) in [5.41, 5.74) is 2.64. The molecule has 0 bridgehead atoms. The number of aliphatic hydroxyl groups excluding tert-OH is 5. The summed E-state index contributed by atoms with van der Waals surface area (Å²) in [7, 11) is 0. The van der Waals surface area contributed by atoms with Gasteiger partial charge in [-0.25, -0.2) is 0 Å². The first kappa shape index (κ1) is 40.1. The third kappa shape index (κ3) is 9.98. The van der Waals surface area contributed by atoms with Gasteiger partial charge in [0.25, 0.3) is 0 Å². The summed E-state index contributed by atoms with van der Waals surface area (Å²) in [6.45, 7) is 3.08. The van der Waals surface area contributed by atoms with E-state index in [1.807, 2.05) is 0 Å². The minimum atomic E-state index is -2.63. The van der Waals surface area contributed by atoms with Crippen LogP contribution in [0, 0.1) is 0 Å². The van der Waals surface area contributed by atoms with Gasteiger partial charge in [0.2, 0.25) is 23.6 Å². The third-order valence-electron chi connectivity index (χ3n) is 7.99. The molecule has 13 N–H and O–H groups in total. The van der Waals surface area contributed by atoms with Crippen LogP contribution in [0.25, 0.3) is 0 Å². The normalized spacial score (nSPS) is 34.4. The molecule has 2 aliphatic heterocycles. The Kier molecular flexibility index (Phi) is 14.8. The lowest BCUT2D eigenvalue weighted by Gasteiger charge is -2.57. The molecule has 270 valence electrons. The lowest BCUT2D eigenvalue weighted by atomic mass is 9.73. The monoisotopic (exact) mass is 681 g/mol. The van der Waals surface area contributed by atoms with E-state index in [9.17, 15) is 54.6 Å². The smallest absolute Gasteiger partial charge is 0.303 e. The fraction of sp³-hybridized carbons (Fsp3) is 0.815. The highest BCUT2D eigenvalue weighted by molar-refractivity contribution is 5.89. The van der Waals surface area contributed by atoms with E-state index in [1.54, 1.807) is 0 Å². The van der Waals surface area contributed by atoms with Crippen LogP contribution >= 0.6 is 0 Å². The van der Waals surface area contributed by atoms with Crippen LogP contribution in [-0.4, -0.2) is 164 Å². The molecule has 0 saturated carbocycles. The van der Waals surface area contributed by atoms with E-state index in [0.29, 0.717) is 0 Å². The first-order valence-electron chi connectivity index (χ1n) is 14.9. The number of nitrogens with two attached hydrogens (primary N) is 1. The molecule has 0 aliphatic carbocycles. The molecule has 47 heavy (non-hydrogen) atoms. The van der Waals surface area contributed by atoms with Crippen molar-refractivity contribution in [1.82, 2.24) is 21.3 Å². The van der Waals surface area contributed by atoms with Gasteiger partial charge in [-0.2, -0.15) is 0 Å². The van der Waals surface area contributed by atoms with E-state index in [4.69, 9.17) is 25.1 Å². The highest BCUT2D eigenvalue weighted by atomic mass is 16.6. The molecule has 0 radical (unpaired) electrons. The topological polar surface area (TPSA) is 329 Å². The molecule has 2 aliphatic rings. The van der Waals surface area contributed by atoms with Crippen molar-refractivity contribution >= 4 is 29.6 Å². The quantitative estimate of drug-likeness (QED) is 0.0720. The summed E-state index contributed by atoms with van der Waals surface area (Å²) < 4.78 is 17.4. The van der Waals surface area contributed by atoms with Crippen molar-refractivity contribution in [2.75, 3.05) is 19.8 Å². The van der Waals surface area contributed by atoms with E-state index in [1.165, 1.54) is 13.8 Å². The number of aliphatic carboxylic acids is 1. The molecule has 0 spiro atoms. The summed E-state index contributed by atoms with van der Waals surface area (Å²) in [4.78, 5) is 59.5. The first-order chi connectivity index (χ1) is 21.9. The Morgan fingerprint density at radius 2 is 1.53 bits per heavy atom. The van der Waals surface area contributed by atoms with E-state index in [-0.39, 0.29) is 13.0 Å². The molecular formula is C27H47N5O15. The summed E-state index contributed by atoms with van der Waals surface area (Å²) >= 11 is 0. The standard InChI is InChI=1S/C27H47N5O15/c1-10(7-29-11(2)25(42)32-14(24(28)41)5-6-17(37)38)45-23-19(31-13(4)36)26(43)47-16(9-34)27(23,44)22-18(30-12(3)35)21(40)20(39)15(8-33)46-22/h10-11,14-16,18-23,26,29,33-34,39-40,43-44H,5-9H2,1-4H3,(H2,28,41)(H,30,35)(H,31,36)(H,32,42)(H,37,38)/t10?,11-,14+,15+,16+,18+,19+,20+,21+,22+,23+,26-,27-/m0/s1. The van der Waals surface area contributed by atoms with Crippen LogP contribution in [0.1, 0.15) is 40.5 Å². The number of carboxylic acid groups (broad SMARTS) is 1. The lowest BCUT2D eigenvalue weighted by molar-refractivity contribution is -0.348. The maximum absolute atomic E-state index is 12.7. The molecular weight excluding hydrogens is 634 g/mol. The lowest BCUT2D eigenvalue weighted by Crippen LogP contribution is -2.81. The van der Waals surface area contributed by atoms with Gasteiger partial charge in [0.05, 0.1) is 31.4 Å². The Balaban J connectivity index is 2.41. The molecule has 2 heterocycles. The van der Waals surface area contributed by atoms with E-state index < -0.39 is 128 Å². The van der Waals surface area contributed by atoms with Crippen LogP contribution in [0.15, 0.2) is 0 Å². The van der Waals surface area contributed by atoms with Crippen molar-refractivity contribution in [3.05, 3.63) is 0 Å². The summed E-state index contributed by atoms with van der Waals surface area (Å²) in [5, 5.41) is 83.5. The fourth-order valence-electron chi connectivity index (χ4n) is 5.58. The highest BCUT2D eigenvalue weighted by Gasteiger charge is 2.65. The number of carbonyl (C=O) groups is 5. The van der Waals surface area contributed by atoms with Crippen molar-refractivity contribution in [3.8, 4) is 0 Å². The second-order valence-corrected chi connectivity index (χ2v) is 11.7. The second-order valence-electron chi connectivity index (χ2n) is 11.7. The van der Waals surface area contributed by atoms with Gasteiger partial charge < -0.3 is 77.0 Å². The largest absolute Gasteiger partial charge is 0.481 e.